The fourth-order valence-corrected chi connectivity index (χ4v) is 2.45. The molecule has 0 saturated carbocycles. The number of carbonyl (C=O) groups is 1. The van der Waals surface area contributed by atoms with Gasteiger partial charge in [0, 0.05) is 6.42 Å². The molecule has 0 rings (SSSR count). The Labute approximate surface area is 89.2 Å². The minimum atomic E-state index is -1.69. The van der Waals surface area contributed by atoms with Crippen molar-refractivity contribution in [3.05, 3.63) is 0 Å². The zero-order valence-corrected chi connectivity index (χ0v) is 11.4. The Kier molecular flexibility index (Phi) is 5.02. The Morgan fingerprint density at radius 2 is 1.86 bits per heavy atom. The van der Waals surface area contributed by atoms with E-state index in [1.165, 1.54) is 0 Å². The van der Waals surface area contributed by atoms with Crippen LogP contribution >= 0.6 is 0 Å². The van der Waals surface area contributed by atoms with Crippen LogP contribution in [0.3, 0.4) is 0 Å². The molecule has 1 unspecified atom stereocenters. The van der Waals surface area contributed by atoms with Gasteiger partial charge >= 0.3 is 0 Å². The monoisotopic (exact) mass is 216 g/mol. The number of rotatable bonds is 5. The van der Waals surface area contributed by atoms with E-state index in [2.05, 4.69) is 40.8 Å². The first-order valence-electron chi connectivity index (χ1n) is 5.36. The average molecular weight is 216 g/mol. The van der Waals surface area contributed by atoms with Crippen LogP contribution in [0, 0.1) is 0 Å². The van der Waals surface area contributed by atoms with Crippen LogP contribution in [0.15, 0.2) is 0 Å². The van der Waals surface area contributed by atoms with E-state index in [0.717, 1.165) is 12.7 Å². The lowest BCUT2D eigenvalue weighted by molar-refractivity contribution is -0.109. The summed E-state index contributed by atoms with van der Waals surface area (Å²) in [5.74, 6) is 0. The smallest absolute Gasteiger partial charge is 0.192 e. The summed E-state index contributed by atoms with van der Waals surface area (Å²) in [4.78, 5) is 10.4. The van der Waals surface area contributed by atoms with Crippen molar-refractivity contribution in [1.82, 2.24) is 0 Å². The van der Waals surface area contributed by atoms with Crippen LogP contribution in [0.1, 0.15) is 40.5 Å². The van der Waals surface area contributed by atoms with E-state index in [1.807, 2.05) is 0 Å². The largest absolute Gasteiger partial charge is 0.414 e. The van der Waals surface area contributed by atoms with Crippen molar-refractivity contribution < 1.29 is 9.22 Å². The van der Waals surface area contributed by atoms with Gasteiger partial charge in [-0.15, -0.1) is 0 Å². The summed E-state index contributed by atoms with van der Waals surface area (Å²) in [6.07, 6.45) is 2.53. The van der Waals surface area contributed by atoms with Gasteiger partial charge in [-0.05, 0) is 24.6 Å². The highest BCUT2D eigenvalue weighted by atomic mass is 28.4. The van der Waals surface area contributed by atoms with Crippen LogP contribution < -0.4 is 0 Å². The third-order valence-corrected chi connectivity index (χ3v) is 7.62. The maximum atomic E-state index is 10.4. The van der Waals surface area contributed by atoms with Crippen molar-refractivity contribution in [2.24, 2.45) is 0 Å². The minimum absolute atomic E-state index is 0.119. The second kappa shape index (κ2) is 5.08. The zero-order chi connectivity index (χ0) is 11.4. The Hall–Kier alpha value is -0.153. The Morgan fingerprint density at radius 3 is 2.14 bits per heavy atom. The lowest BCUT2D eigenvalue weighted by Gasteiger charge is -2.38. The molecular formula is C11H24O2Si. The molecule has 0 spiro atoms. The number of hydrogen-bond donors (Lipinski definition) is 0. The van der Waals surface area contributed by atoms with Crippen LogP contribution in [-0.4, -0.2) is 20.7 Å². The van der Waals surface area contributed by atoms with Crippen molar-refractivity contribution in [2.75, 3.05) is 0 Å². The Morgan fingerprint density at radius 1 is 1.36 bits per heavy atom. The maximum absolute atomic E-state index is 10.4. The first-order valence-corrected chi connectivity index (χ1v) is 8.27. The SMILES string of the molecule is CCC(CC=O)O[Si](C)(C)C(C)(C)C. The molecule has 0 aromatic heterocycles. The van der Waals surface area contributed by atoms with Crippen LogP contribution in [0.2, 0.25) is 18.1 Å². The molecule has 0 aliphatic rings. The van der Waals surface area contributed by atoms with Gasteiger partial charge in [0.15, 0.2) is 8.32 Å². The number of hydrogen-bond acceptors (Lipinski definition) is 2. The molecule has 0 N–H and O–H groups in total. The standard InChI is InChI=1S/C11H24O2Si/c1-7-10(8-9-12)13-14(5,6)11(2,3)4/h9-10H,7-8H2,1-6H3. The third-order valence-electron chi connectivity index (χ3n) is 3.08. The van der Waals surface area contributed by atoms with Crippen LogP contribution in [0.5, 0.6) is 0 Å². The van der Waals surface area contributed by atoms with Crippen LogP contribution in [0.25, 0.3) is 0 Å². The van der Waals surface area contributed by atoms with E-state index in [0.29, 0.717) is 6.42 Å². The molecular weight excluding hydrogens is 192 g/mol. The molecule has 0 bridgehead atoms. The first-order chi connectivity index (χ1) is 6.24. The molecule has 0 heterocycles. The van der Waals surface area contributed by atoms with Crippen LogP contribution in [-0.2, 0) is 9.22 Å². The topological polar surface area (TPSA) is 26.3 Å². The van der Waals surface area contributed by atoms with Gasteiger partial charge in [0.2, 0.25) is 0 Å². The molecule has 2 nitrogen and oxygen atoms in total. The molecule has 0 aromatic carbocycles. The van der Waals surface area contributed by atoms with E-state index in [9.17, 15) is 4.79 Å². The summed E-state index contributed by atoms with van der Waals surface area (Å²) < 4.78 is 6.10. The summed E-state index contributed by atoms with van der Waals surface area (Å²) in [6.45, 7) is 13.2. The fourth-order valence-electron chi connectivity index (χ4n) is 0.999. The van der Waals surface area contributed by atoms with Crippen molar-refractivity contribution in [1.29, 1.82) is 0 Å². The molecule has 0 fully saturated rings. The van der Waals surface area contributed by atoms with E-state index >= 15 is 0 Å². The van der Waals surface area contributed by atoms with E-state index in [4.69, 9.17) is 4.43 Å². The Balaban J connectivity index is 4.39. The van der Waals surface area contributed by atoms with Crippen molar-refractivity contribution in [2.45, 2.75) is 64.8 Å². The molecule has 84 valence electrons. The first kappa shape index (κ1) is 13.8. The van der Waals surface area contributed by atoms with E-state index in [1.54, 1.807) is 0 Å². The molecule has 0 radical (unpaired) electrons. The highest BCUT2D eigenvalue weighted by molar-refractivity contribution is 6.74. The van der Waals surface area contributed by atoms with Gasteiger partial charge < -0.3 is 9.22 Å². The van der Waals surface area contributed by atoms with E-state index < -0.39 is 8.32 Å². The van der Waals surface area contributed by atoms with Gasteiger partial charge in [0.05, 0.1) is 6.10 Å². The molecule has 0 amide bonds. The summed E-state index contributed by atoms with van der Waals surface area (Å²) >= 11 is 0. The lowest BCUT2D eigenvalue weighted by Crippen LogP contribution is -2.43. The molecule has 1 atom stereocenters. The number of carbonyl (C=O) groups excluding carboxylic acids is 1. The van der Waals surface area contributed by atoms with Crippen molar-refractivity contribution >= 4 is 14.6 Å². The lowest BCUT2D eigenvalue weighted by atomic mass is 10.2. The summed E-state index contributed by atoms with van der Waals surface area (Å²) in [6, 6.07) is 0. The predicted octanol–water partition coefficient (Wildman–Crippen LogP) is 3.38. The molecule has 3 heteroatoms. The fraction of sp³-hybridized carbons (Fsp3) is 0.909. The van der Waals surface area contributed by atoms with Gasteiger partial charge in [0.25, 0.3) is 0 Å². The second-order valence-corrected chi connectivity index (χ2v) is 10.1. The van der Waals surface area contributed by atoms with Gasteiger partial charge in [-0.2, -0.15) is 0 Å². The second-order valence-electron chi connectivity index (χ2n) is 5.31. The van der Waals surface area contributed by atoms with Gasteiger partial charge in [-0.1, -0.05) is 27.7 Å². The minimum Gasteiger partial charge on any atom is -0.414 e. The zero-order valence-electron chi connectivity index (χ0n) is 10.4. The van der Waals surface area contributed by atoms with Gasteiger partial charge in [-0.3, -0.25) is 0 Å². The highest BCUT2D eigenvalue weighted by Crippen LogP contribution is 2.37. The van der Waals surface area contributed by atoms with Crippen molar-refractivity contribution in [3.63, 3.8) is 0 Å². The number of aldehydes is 1. The predicted molar refractivity (Wildman–Crippen MR) is 63.0 cm³/mol. The van der Waals surface area contributed by atoms with Gasteiger partial charge in [-0.25, -0.2) is 0 Å². The maximum Gasteiger partial charge on any atom is 0.192 e. The highest BCUT2D eigenvalue weighted by Gasteiger charge is 2.38. The summed E-state index contributed by atoms with van der Waals surface area (Å²) in [5, 5.41) is 0.226. The normalized spacial score (nSPS) is 15.3. The van der Waals surface area contributed by atoms with Crippen molar-refractivity contribution in [3.8, 4) is 0 Å². The molecule has 0 aliphatic carbocycles. The van der Waals surface area contributed by atoms with Gasteiger partial charge in [0.1, 0.15) is 6.29 Å². The van der Waals surface area contributed by atoms with Crippen LogP contribution in [0.4, 0.5) is 0 Å². The molecule has 0 aromatic rings. The average Bonchev–Trinajstić information content (AvgIpc) is 2.01. The quantitative estimate of drug-likeness (QED) is 0.520. The third kappa shape index (κ3) is 3.92. The molecule has 0 aliphatic heterocycles. The molecule has 0 saturated heterocycles. The summed E-state index contributed by atoms with van der Waals surface area (Å²) in [5.41, 5.74) is 0. The van der Waals surface area contributed by atoms with E-state index in [-0.39, 0.29) is 11.1 Å². The molecule has 14 heavy (non-hydrogen) atoms. The summed E-state index contributed by atoms with van der Waals surface area (Å²) in [7, 11) is -1.69. The Bertz CT molecular complexity index is 182.